The summed E-state index contributed by atoms with van der Waals surface area (Å²) in [6.45, 7) is 5.14. The number of aliphatic carboxylic acids is 1. The molecule has 0 aliphatic heterocycles. The number of carboxylic acids is 1. The van der Waals surface area contributed by atoms with Gasteiger partial charge in [-0.05, 0) is 37.3 Å². The summed E-state index contributed by atoms with van der Waals surface area (Å²) in [7, 11) is 0. The number of carbonyl (C=O) groups excluding carboxylic acids is 4. The first-order valence-corrected chi connectivity index (χ1v) is 12.1. The summed E-state index contributed by atoms with van der Waals surface area (Å²) >= 11 is 0. The lowest BCUT2D eigenvalue weighted by Gasteiger charge is -2.24. The lowest BCUT2D eigenvalue weighted by Crippen LogP contribution is -2.56. The van der Waals surface area contributed by atoms with Crippen molar-refractivity contribution in [1.29, 1.82) is 0 Å². The van der Waals surface area contributed by atoms with Crippen molar-refractivity contribution >= 4 is 40.5 Å². The molecule has 4 atom stereocenters. The highest BCUT2D eigenvalue weighted by Crippen LogP contribution is 2.19. The third-order valence-electron chi connectivity index (χ3n) is 5.84. The number of rotatable bonds is 14. The Labute approximate surface area is 214 Å². The first kappa shape index (κ1) is 29.3. The van der Waals surface area contributed by atoms with Crippen molar-refractivity contribution in [1.82, 2.24) is 20.9 Å². The molecule has 2 aromatic rings. The number of amides is 4. The molecule has 0 saturated carbocycles. The smallest absolute Gasteiger partial charge is 0.326 e. The first-order chi connectivity index (χ1) is 17.4. The molecular weight excluding hydrogens is 480 g/mol. The van der Waals surface area contributed by atoms with E-state index >= 15 is 0 Å². The Balaban J connectivity index is 2.02. The molecule has 2 rings (SSSR count). The van der Waals surface area contributed by atoms with Crippen LogP contribution >= 0.6 is 0 Å². The number of H-pyrrole nitrogens is 1. The molecule has 37 heavy (non-hydrogen) atoms. The maximum absolute atomic E-state index is 12.9. The van der Waals surface area contributed by atoms with Crippen LogP contribution in [0.1, 0.15) is 45.6 Å². The average Bonchev–Trinajstić information content (AvgIpc) is 3.23. The van der Waals surface area contributed by atoms with Gasteiger partial charge in [-0.25, -0.2) is 4.79 Å². The number of para-hydroxylation sites is 1. The van der Waals surface area contributed by atoms with Crippen molar-refractivity contribution < 1.29 is 29.1 Å². The van der Waals surface area contributed by atoms with Gasteiger partial charge in [0.05, 0.1) is 6.04 Å². The maximum Gasteiger partial charge on any atom is 0.326 e. The van der Waals surface area contributed by atoms with E-state index in [1.54, 1.807) is 6.20 Å². The summed E-state index contributed by atoms with van der Waals surface area (Å²) in [6.07, 6.45) is 1.97. The summed E-state index contributed by atoms with van der Waals surface area (Å²) in [5.74, 6) is -3.71. The molecule has 0 bridgehead atoms. The molecule has 4 amide bonds. The Morgan fingerprint density at radius 3 is 2.22 bits per heavy atom. The van der Waals surface area contributed by atoms with Gasteiger partial charge in [0.2, 0.25) is 23.6 Å². The van der Waals surface area contributed by atoms with Gasteiger partial charge in [0.1, 0.15) is 18.1 Å². The summed E-state index contributed by atoms with van der Waals surface area (Å²) in [4.78, 5) is 64.0. The number of nitrogens with one attached hydrogen (secondary N) is 4. The van der Waals surface area contributed by atoms with Crippen molar-refractivity contribution in [2.75, 3.05) is 0 Å². The molecule has 1 heterocycles. The third kappa shape index (κ3) is 8.90. The Kier molecular flexibility index (Phi) is 10.6. The number of nitrogens with two attached hydrogens (primary N) is 2. The zero-order valence-corrected chi connectivity index (χ0v) is 21.2. The zero-order chi connectivity index (χ0) is 27.7. The molecule has 4 unspecified atom stereocenters. The van der Waals surface area contributed by atoms with Gasteiger partial charge in [-0.15, -0.1) is 0 Å². The SMILES string of the molecule is CC(C)CC(NC(=O)C(N)CCC(N)=O)C(=O)NC(C)C(=O)NC(Cc1c[nH]c2ccccc12)C(=O)O. The van der Waals surface area contributed by atoms with Crippen LogP contribution in [0.5, 0.6) is 0 Å². The monoisotopic (exact) mass is 516 g/mol. The van der Waals surface area contributed by atoms with Crippen molar-refractivity contribution in [3.8, 4) is 0 Å². The molecule has 1 aromatic heterocycles. The lowest BCUT2D eigenvalue weighted by atomic mass is 10.0. The minimum absolute atomic E-state index is 0.0228. The number of carbonyl (C=O) groups is 5. The van der Waals surface area contributed by atoms with Gasteiger partial charge in [0.15, 0.2) is 0 Å². The van der Waals surface area contributed by atoms with Gasteiger partial charge in [-0.2, -0.15) is 0 Å². The van der Waals surface area contributed by atoms with Gasteiger partial charge in [0.25, 0.3) is 0 Å². The van der Waals surface area contributed by atoms with E-state index in [9.17, 15) is 29.1 Å². The van der Waals surface area contributed by atoms with Crippen molar-refractivity contribution in [3.05, 3.63) is 36.0 Å². The molecule has 0 aliphatic carbocycles. The second-order valence-corrected chi connectivity index (χ2v) is 9.50. The number of fused-ring (bicyclic) bond motifs is 1. The van der Waals surface area contributed by atoms with E-state index in [0.29, 0.717) is 0 Å². The Bertz CT molecular complexity index is 1130. The summed E-state index contributed by atoms with van der Waals surface area (Å²) < 4.78 is 0. The van der Waals surface area contributed by atoms with Crippen molar-refractivity contribution in [2.24, 2.45) is 17.4 Å². The molecule has 0 radical (unpaired) electrons. The number of aromatic nitrogens is 1. The van der Waals surface area contributed by atoms with E-state index < -0.39 is 53.8 Å². The van der Waals surface area contributed by atoms with Gasteiger partial charge in [-0.3, -0.25) is 19.2 Å². The van der Waals surface area contributed by atoms with Crippen LogP contribution in [0.3, 0.4) is 0 Å². The van der Waals surface area contributed by atoms with Crippen molar-refractivity contribution in [2.45, 2.75) is 70.6 Å². The lowest BCUT2D eigenvalue weighted by molar-refractivity contribution is -0.142. The Morgan fingerprint density at radius 1 is 0.946 bits per heavy atom. The summed E-state index contributed by atoms with van der Waals surface area (Å²) in [6, 6.07) is 3.10. The Hall–Kier alpha value is -3.93. The molecule has 0 saturated heterocycles. The van der Waals surface area contributed by atoms with Crippen LogP contribution in [0, 0.1) is 5.92 Å². The fraction of sp³-hybridized carbons (Fsp3) is 0.480. The Morgan fingerprint density at radius 2 is 1.59 bits per heavy atom. The average molecular weight is 517 g/mol. The van der Waals surface area contributed by atoms with Gasteiger partial charge < -0.3 is 37.5 Å². The molecule has 1 aromatic carbocycles. The molecule has 0 spiro atoms. The quantitative estimate of drug-likeness (QED) is 0.181. The highest BCUT2D eigenvalue weighted by atomic mass is 16.4. The summed E-state index contributed by atoms with van der Waals surface area (Å²) in [5.41, 5.74) is 12.5. The predicted octanol–water partition coefficient (Wildman–Crippen LogP) is -0.0918. The number of aromatic amines is 1. The van der Waals surface area contributed by atoms with Crippen LogP contribution in [0.2, 0.25) is 0 Å². The number of hydrogen-bond donors (Lipinski definition) is 7. The van der Waals surface area contributed by atoms with Gasteiger partial charge in [0, 0.05) is 29.9 Å². The zero-order valence-electron chi connectivity index (χ0n) is 21.2. The molecule has 0 fully saturated rings. The van der Waals surface area contributed by atoms with E-state index in [1.807, 2.05) is 38.1 Å². The minimum Gasteiger partial charge on any atom is -0.480 e. The fourth-order valence-corrected chi connectivity index (χ4v) is 3.81. The molecule has 0 aliphatic rings. The molecule has 9 N–H and O–H groups in total. The molecule has 202 valence electrons. The summed E-state index contributed by atoms with van der Waals surface area (Å²) in [5, 5.41) is 18.1. The van der Waals surface area contributed by atoms with Crippen LogP contribution in [0.25, 0.3) is 10.9 Å². The van der Waals surface area contributed by atoms with E-state index in [2.05, 4.69) is 20.9 Å². The number of carboxylic acid groups (broad SMARTS) is 1. The van der Waals surface area contributed by atoms with E-state index in [0.717, 1.165) is 16.5 Å². The van der Waals surface area contributed by atoms with E-state index in [-0.39, 0.29) is 31.6 Å². The maximum atomic E-state index is 12.9. The van der Waals surface area contributed by atoms with Crippen LogP contribution in [0.15, 0.2) is 30.5 Å². The number of primary amides is 1. The van der Waals surface area contributed by atoms with Crippen LogP contribution in [-0.2, 0) is 30.4 Å². The highest BCUT2D eigenvalue weighted by molar-refractivity contribution is 5.94. The van der Waals surface area contributed by atoms with Gasteiger partial charge >= 0.3 is 5.97 Å². The van der Waals surface area contributed by atoms with E-state index in [1.165, 1.54) is 6.92 Å². The van der Waals surface area contributed by atoms with Crippen LogP contribution in [0.4, 0.5) is 0 Å². The topological polar surface area (TPSA) is 209 Å². The number of hydrogen-bond acceptors (Lipinski definition) is 6. The molecule has 12 heteroatoms. The highest BCUT2D eigenvalue weighted by Gasteiger charge is 2.29. The third-order valence-corrected chi connectivity index (χ3v) is 5.84. The minimum atomic E-state index is -1.22. The standard InChI is InChI=1S/C25H36N6O6/c1-13(2)10-19(30-23(34)17(26)8-9-21(27)32)24(35)29-14(3)22(33)31-20(25(36)37)11-15-12-28-18-7-5-4-6-16(15)18/h4-7,12-14,17,19-20,28H,8-11,26H2,1-3H3,(H2,27,32)(H,29,35)(H,30,34)(H,31,33)(H,36,37). The number of benzene rings is 1. The van der Waals surface area contributed by atoms with Crippen LogP contribution < -0.4 is 27.4 Å². The second-order valence-electron chi connectivity index (χ2n) is 9.50. The normalized spacial score (nSPS) is 14.4. The van der Waals surface area contributed by atoms with Crippen LogP contribution in [-0.4, -0.2) is 63.9 Å². The second kappa shape index (κ2) is 13.4. The fourth-order valence-electron chi connectivity index (χ4n) is 3.81. The molecule has 12 nitrogen and oxygen atoms in total. The first-order valence-electron chi connectivity index (χ1n) is 12.1. The largest absolute Gasteiger partial charge is 0.480 e. The van der Waals surface area contributed by atoms with Crippen molar-refractivity contribution in [3.63, 3.8) is 0 Å². The van der Waals surface area contributed by atoms with Gasteiger partial charge in [-0.1, -0.05) is 32.0 Å². The predicted molar refractivity (Wildman–Crippen MR) is 137 cm³/mol. The van der Waals surface area contributed by atoms with E-state index in [4.69, 9.17) is 11.5 Å². The molecular formula is C25H36N6O6.